The van der Waals surface area contributed by atoms with Crippen LogP contribution in [-0.4, -0.2) is 29.0 Å². The van der Waals surface area contributed by atoms with Gasteiger partial charge in [-0.1, -0.05) is 19.0 Å². The lowest BCUT2D eigenvalue weighted by Crippen LogP contribution is -2.43. The van der Waals surface area contributed by atoms with Crippen LogP contribution in [0.1, 0.15) is 47.0 Å². The number of rotatable bonds is 8. The monoisotopic (exact) mass is 258 g/mol. The molecule has 0 heterocycles. The first-order chi connectivity index (χ1) is 8.10. The summed E-state index contributed by atoms with van der Waals surface area (Å²) in [6, 6.07) is 0. The van der Waals surface area contributed by atoms with E-state index in [2.05, 4.69) is 10.5 Å². The molecule has 106 valence electrons. The molecule has 0 aromatic carbocycles. The van der Waals surface area contributed by atoms with E-state index in [1.54, 1.807) is 0 Å². The lowest BCUT2D eigenvalue weighted by atomic mass is 9.86. The first-order valence-electron chi connectivity index (χ1n) is 6.12. The number of hydrogen-bond donors (Lipinski definition) is 4. The van der Waals surface area contributed by atoms with Crippen molar-refractivity contribution < 1.29 is 10.0 Å². The lowest BCUT2D eigenvalue weighted by Gasteiger charge is -2.27. The molecule has 0 aromatic heterocycles. The quantitative estimate of drug-likeness (QED) is 0.169. The highest BCUT2D eigenvalue weighted by Gasteiger charge is 2.24. The number of hydrogen-bond acceptors (Lipinski definition) is 4. The van der Waals surface area contributed by atoms with E-state index in [4.69, 9.17) is 16.7 Å². The number of nitrogens with one attached hydrogen (secondary N) is 1. The number of carbonyl (C=O) groups is 1. The molecule has 0 aliphatic rings. The Morgan fingerprint density at radius 1 is 1.28 bits per heavy atom. The summed E-state index contributed by atoms with van der Waals surface area (Å²) in [7, 11) is 0. The van der Waals surface area contributed by atoms with E-state index in [-0.39, 0.29) is 22.7 Å². The number of carbonyl (C=O) groups excluding carboxylic acids is 1. The average molecular weight is 258 g/mol. The SMILES string of the molecule is CC(C)(CC(N)=O)NCCCC(C)(C)C(N)=NO. The average Bonchev–Trinajstić information content (AvgIpc) is 2.21. The van der Waals surface area contributed by atoms with Gasteiger partial charge < -0.3 is 22.0 Å². The molecule has 1 amide bonds. The minimum absolute atomic E-state index is 0.235. The van der Waals surface area contributed by atoms with E-state index in [0.717, 1.165) is 19.4 Å². The van der Waals surface area contributed by atoms with Gasteiger partial charge in [0.25, 0.3) is 0 Å². The molecule has 0 bridgehead atoms. The molecule has 0 unspecified atom stereocenters. The fraction of sp³-hybridized carbons (Fsp3) is 0.833. The number of amidine groups is 1. The summed E-state index contributed by atoms with van der Waals surface area (Å²) in [5.74, 6) is -0.0802. The number of nitrogens with two attached hydrogens (primary N) is 2. The van der Waals surface area contributed by atoms with Crippen molar-refractivity contribution in [1.82, 2.24) is 5.32 Å². The van der Waals surface area contributed by atoms with Crippen LogP contribution >= 0.6 is 0 Å². The molecule has 0 aliphatic carbocycles. The number of nitrogens with zero attached hydrogens (tertiary/aromatic N) is 1. The minimum Gasteiger partial charge on any atom is -0.409 e. The fourth-order valence-electron chi connectivity index (χ4n) is 1.72. The van der Waals surface area contributed by atoms with Gasteiger partial charge in [-0.3, -0.25) is 4.79 Å². The van der Waals surface area contributed by atoms with Crippen molar-refractivity contribution in [1.29, 1.82) is 0 Å². The second kappa shape index (κ2) is 6.58. The fourth-order valence-corrected chi connectivity index (χ4v) is 1.72. The van der Waals surface area contributed by atoms with Crippen LogP contribution in [0.2, 0.25) is 0 Å². The summed E-state index contributed by atoms with van der Waals surface area (Å²) >= 11 is 0. The molecule has 0 aliphatic heterocycles. The number of oxime groups is 1. The maximum atomic E-state index is 10.9. The molecule has 18 heavy (non-hydrogen) atoms. The Morgan fingerprint density at radius 2 is 1.83 bits per heavy atom. The molecule has 0 spiro atoms. The number of primary amides is 1. The molecule has 6 heteroatoms. The molecule has 0 fully saturated rings. The van der Waals surface area contributed by atoms with Crippen molar-refractivity contribution in [3.63, 3.8) is 0 Å². The van der Waals surface area contributed by atoms with Gasteiger partial charge in [0.2, 0.25) is 5.91 Å². The van der Waals surface area contributed by atoms with Gasteiger partial charge in [0.05, 0.1) is 0 Å². The highest BCUT2D eigenvalue weighted by molar-refractivity contribution is 5.85. The molecule has 6 nitrogen and oxygen atoms in total. The maximum Gasteiger partial charge on any atom is 0.219 e. The zero-order valence-electron chi connectivity index (χ0n) is 11.8. The molecular weight excluding hydrogens is 232 g/mol. The topological polar surface area (TPSA) is 114 Å². The molecule has 0 radical (unpaired) electrons. The first-order valence-corrected chi connectivity index (χ1v) is 6.12. The Hall–Kier alpha value is -1.30. The van der Waals surface area contributed by atoms with E-state index >= 15 is 0 Å². The summed E-state index contributed by atoms with van der Waals surface area (Å²) in [4.78, 5) is 10.9. The molecule has 0 saturated heterocycles. The van der Waals surface area contributed by atoms with Crippen molar-refractivity contribution in [3.05, 3.63) is 0 Å². The maximum absolute atomic E-state index is 10.9. The van der Waals surface area contributed by atoms with E-state index in [1.165, 1.54) is 0 Å². The predicted molar refractivity (Wildman–Crippen MR) is 72.3 cm³/mol. The number of amides is 1. The van der Waals surface area contributed by atoms with Crippen molar-refractivity contribution in [3.8, 4) is 0 Å². The standard InChI is InChI=1S/C12H26N4O2/c1-11(2,10(14)16-18)6-5-7-15-12(3,4)8-9(13)17/h15,18H,5-8H2,1-4H3,(H2,13,17)(H2,14,16). The van der Waals surface area contributed by atoms with Crippen LogP contribution in [0.25, 0.3) is 0 Å². The van der Waals surface area contributed by atoms with Crippen LogP contribution in [0.4, 0.5) is 0 Å². The summed E-state index contributed by atoms with van der Waals surface area (Å²) in [5, 5.41) is 15.0. The zero-order chi connectivity index (χ0) is 14.4. The van der Waals surface area contributed by atoms with E-state index in [0.29, 0.717) is 6.42 Å². The minimum atomic E-state index is -0.329. The normalized spacial score (nSPS) is 13.7. The van der Waals surface area contributed by atoms with E-state index < -0.39 is 0 Å². The lowest BCUT2D eigenvalue weighted by molar-refractivity contribution is -0.119. The van der Waals surface area contributed by atoms with Gasteiger partial charge in [-0.2, -0.15) is 0 Å². The second-order valence-electron chi connectivity index (χ2n) is 5.93. The molecule has 0 saturated carbocycles. The van der Waals surface area contributed by atoms with Crippen LogP contribution < -0.4 is 16.8 Å². The van der Waals surface area contributed by atoms with Crippen LogP contribution in [-0.2, 0) is 4.79 Å². The van der Waals surface area contributed by atoms with Gasteiger partial charge in [0.1, 0.15) is 5.84 Å². The molecule has 0 rings (SSSR count). The Labute approximate surface area is 109 Å². The van der Waals surface area contributed by atoms with Gasteiger partial charge in [-0.25, -0.2) is 0 Å². The predicted octanol–water partition coefficient (Wildman–Crippen LogP) is 0.783. The third-order valence-electron chi connectivity index (χ3n) is 3.00. The van der Waals surface area contributed by atoms with Crippen LogP contribution in [0.15, 0.2) is 5.16 Å². The summed E-state index contributed by atoms with van der Waals surface area (Å²) in [6.45, 7) is 8.48. The first kappa shape index (κ1) is 16.7. The van der Waals surface area contributed by atoms with Crippen LogP contribution in [0.5, 0.6) is 0 Å². The molecule has 0 aromatic rings. The van der Waals surface area contributed by atoms with Crippen molar-refractivity contribution >= 4 is 11.7 Å². The Kier molecular flexibility index (Phi) is 6.11. The summed E-state index contributed by atoms with van der Waals surface area (Å²) in [6.07, 6.45) is 1.96. The van der Waals surface area contributed by atoms with Gasteiger partial charge in [0, 0.05) is 17.4 Å². The van der Waals surface area contributed by atoms with Crippen molar-refractivity contribution in [2.45, 2.75) is 52.5 Å². The largest absolute Gasteiger partial charge is 0.409 e. The van der Waals surface area contributed by atoms with Gasteiger partial charge in [-0.05, 0) is 33.2 Å². The second-order valence-corrected chi connectivity index (χ2v) is 5.93. The molecule has 6 N–H and O–H groups in total. The third-order valence-corrected chi connectivity index (χ3v) is 3.00. The van der Waals surface area contributed by atoms with Crippen LogP contribution in [0.3, 0.4) is 0 Å². The summed E-state index contributed by atoms with van der Waals surface area (Å²) < 4.78 is 0. The summed E-state index contributed by atoms with van der Waals surface area (Å²) in [5.41, 5.74) is 10.1. The van der Waals surface area contributed by atoms with Gasteiger partial charge >= 0.3 is 0 Å². The third kappa shape index (κ3) is 6.44. The molecule has 0 atom stereocenters. The smallest absolute Gasteiger partial charge is 0.219 e. The van der Waals surface area contributed by atoms with Crippen molar-refractivity contribution in [2.75, 3.05) is 6.54 Å². The van der Waals surface area contributed by atoms with Gasteiger partial charge in [-0.15, -0.1) is 0 Å². The molecular formula is C12H26N4O2. The van der Waals surface area contributed by atoms with Crippen LogP contribution in [0, 0.1) is 5.41 Å². The van der Waals surface area contributed by atoms with E-state index in [1.807, 2.05) is 27.7 Å². The highest BCUT2D eigenvalue weighted by Crippen LogP contribution is 2.22. The Bertz CT molecular complexity index is 311. The Morgan fingerprint density at radius 3 is 2.28 bits per heavy atom. The zero-order valence-corrected chi connectivity index (χ0v) is 11.8. The highest BCUT2D eigenvalue weighted by atomic mass is 16.4. The van der Waals surface area contributed by atoms with E-state index in [9.17, 15) is 4.79 Å². The van der Waals surface area contributed by atoms with Gasteiger partial charge in [0.15, 0.2) is 0 Å². The Balaban J connectivity index is 4.04. The van der Waals surface area contributed by atoms with Crippen molar-refractivity contribution in [2.24, 2.45) is 22.0 Å².